The molecule has 2 aliphatic rings. The first kappa shape index (κ1) is 16.4. The predicted octanol–water partition coefficient (Wildman–Crippen LogP) is 2.78. The van der Waals surface area contributed by atoms with Crippen molar-refractivity contribution in [3.05, 3.63) is 36.0 Å². The molecule has 1 aromatic rings. The maximum absolute atomic E-state index is 12.2. The number of amides is 3. The van der Waals surface area contributed by atoms with Crippen LogP contribution in [0.1, 0.15) is 32.1 Å². The third kappa shape index (κ3) is 3.53. The van der Waals surface area contributed by atoms with Gasteiger partial charge in [-0.25, -0.2) is 4.79 Å². The first-order valence-electron chi connectivity index (χ1n) is 8.31. The van der Waals surface area contributed by atoms with E-state index in [1.54, 1.807) is 31.4 Å². The van der Waals surface area contributed by atoms with E-state index < -0.39 is 0 Å². The van der Waals surface area contributed by atoms with E-state index in [-0.39, 0.29) is 17.4 Å². The van der Waals surface area contributed by atoms with Crippen LogP contribution < -0.4 is 20.7 Å². The molecule has 6 heteroatoms. The van der Waals surface area contributed by atoms with Crippen molar-refractivity contribution in [2.45, 2.75) is 32.1 Å². The number of hydrogen-bond donors (Lipinski definition) is 3. The molecule has 0 radical (unpaired) electrons. The molecule has 128 valence electrons. The number of piperidine rings is 1. The Morgan fingerprint density at radius 3 is 2.83 bits per heavy atom. The van der Waals surface area contributed by atoms with E-state index in [1.807, 2.05) is 0 Å². The van der Waals surface area contributed by atoms with E-state index in [4.69, 9.17) is 4.74 Å². The summed E-state index contributed by atoms with van der Waals surface area (Å²) in [6, 6.07) is 6.95. The van der Waals surface area contributed by atoms with Gasteiger partial charge < -0.3 is 20.7 Å². The predicted molar refractivity (Wildman–Crippen MR) is 91.8 cm³/mol. The summed E-state index contributed by atoms with van der Waals surface area (Å²) in [5, 5.41) is 8.76. The Morgan fingerprint density at radius 2 is 2.08 bits per heavy atom. The Kier molecular flexibility index (Phi) is 4.74. The second kappa shape index (κ2) is 6.95. The number of carbonyl (C=O) groups excluding carboxylic acids is 2. The minimum atomic E-state index is -0.239. The molecule has 6 nitrogen and oxygen atoms in total. The number of allylic oxidation sites excluding steroid dienone is 1. The van der Waals surface area contributed by atoms with Gasteiger partial charge in [-0.3, -0.25) is 4.79 Å². The van der Waals surface area contributed by atoms with Crippen LogP contribution in [0.25, 0.3) is 0 Å². The van der Waals surface area contributed by atoms with Crippen molar-refractivity contribution in [3.8, 4) is 5.75 Å². The summed E-state index contributed by atoms with van der Waals surface area (Å²) in [6.45, 7) is 0.529. The van der Waals surface area contributed by atoms with Gasteiger partial charge in [-0.2, -0.15) is 0 Å². The van der Waals surface area contributed by atoms with Crippen molar-refractivity contribution in [2.75, 3.05) is 19.0 Å². The number of hydrogen-bond acceptors (Lipinski definition) is 3. The number of fused-ring (bicyclic) bond motifs is 1. The summed E-state index contributed by atoms with van der Waals surface area (Å²) in [4.78, 5) is 23.8. The van der Waals surface area contributed by atoms with E-state index in [0.717, 1.165) is 37.1 Å². The summed E-state index contributed by atoms with van der Waals surface area (Å²) in [7, 11) is 1.60. The smallest absolute Gasteiger partial charge is 0.319 e. The molecule has 1 heterocycles. The monoisotopic (exact) mass is 329 g/mol. The quantitative estimate of drug-likeness (QED) is 0.795. The van der Waals surface area contributed by atoms with Crippen LogP contribution in [0.4, 0.5) is 10.5 Å². The first-order valence-corrected chi connectivity index (χ1v) is 8.31. The third-order valence-electron chi connectivity index (χ3n) is 4.82. The molecule has 0 aromatic heterocycles. The highest BCUT2D eigenvalue weighted by atomic mass is 16.5. The lowest BCUT2D eigenvalue weighted by Gasteiger charge is -2.42. The van der Waals surface area contributed by atoms with Gasteiger partial charge in [0.2, 0.25) is 5.91 Å². The molecule has 0 spiro atoms. The molecule has 0 bridgehead atoms. The molecule has 3 amide bonds. The van der Waals surface area contributed by atoms with Crippen molar-refractivity contribution >= 4 is 17.6 Å². The van der Waals surface area contributed by atoms with E-state index in [9.17, 15) is 9.59 Å². The van der Waals surface area contributed by atoms with Crippen LogP contribution in [0.5, 0.6) is 5.75 Å². The summed E-state index contributed by atoms with van der Waals surface area (Å²) < 4.78 is 5.10. The molecule has 3 N–H and O–H groups in total. The molecule has 0 saturated carbocycles. The lowest BCUT2D eigenvalue weighted by atomic mass is 9.70. The Morgan fingerprint density at radius 1 is 1.29 bits per heavy atom. The Balaban J connectivity index is 1.59. The Hall–Kier alpha value is -2.50. The molecule has 1 aliphatic heterocycles. The zero-order chi connectivity index (χ0) is 17.0. The number of anilines is 1. The molecule has 1 aliphatic carbocycles. The highest BCUT2D eigenvalue weighted by Gasteiger charge is 2.40. The molecule has 24 heavy (non-hydrogen) atoms. The fourth-order valence-electron chi connectivity index (χ4n) is 3.42. The largest absolute Gasteiger partial charge is 0.497 e. The van der Waals surface area contributed by atoms with Gasteiger partial charge in [0, 0.05) is 29.8 Å². The van der Waals surface area contributed by atoms with Gasteiger partial charge in [-0.1, -0.05) is 6.08 Å². The van der Waals surface area contributed by atoms with Crippen LogP contribution in [0.3, 0.4) is 0 Å². The normalized spacial score (nSPS) is 22.7. The minimum absolute atomic E-state index is 0.0708. The van der Waals surface area contributed by atoms with E-state index in [0.29, 0.717) is 18.7 Å². The molecule has 1 saturated heterocycles. The Labute approximate surface area is 141 Å². The molecule has 3 rings (SSSR count). The van der Waals surface area contributed by atoms with Crippen molar-refractivity contribution in [1.82, 2.24) is 10.6 Å². The molecular weight excluding hydrogens is 306 g/mol. The van der Waals surface area contributed by atoms with Crippen LogP contribution in [0, 0.1) is 5.41 Å². The van der Waals surface area contributed by atoms with Gasteiger partial charge in [0.1, 0.15) is 5.75 Å². The maximum Gasteiger partial charge on any atom is 0.319 e. The van der Waals surface area contributed by atoms with Crippen LogP contribution in [-0.4, -0.2) is 25.6 Å². The van der Waals surface area contributed by atoms with Crippen molar-refractivity contribution in [3.63, 3.8) is 0 Å². The number of ether oxygens (including phenoxy) is 1. The highest BCUT2D eigenvalue weighted by Crippen LogP contribution is 2.42. The molecule has 1 atom stereocenters. The van der Waals surface area contributed by atoms with Gasteiger partial charge >= 0.3 is 6.03 Å². The maximum atomic E-state index is 12.2. The number of nitrogens with one attached hydrogen (secondary N) is 3. The third-order valence-corrected chi connectivity index (χ3v) is 4.82. The summed E-state index contributed by atoms with van der Waals surface area (Å²) in [5.74, 6) is 0.816. The molecule has 1 fully saturated rings. The summed E-state index contributed by atoms with van der Waals surface area (Å²) >= 11 is 0. The zero-order valence-corrected chi connectivity index (χ0v) is 13.9. The van der Waals surface area contributed by atoms with Crippen molar-refractivity contribution < 1.29 is 14.3 Å². The highest BCUT2D eigenvalue weighted by molar-refractivity contribution is 5.89. The standard InChI is InChI=1S/C18H23N3O3/c1-24-14-7-5-13(6-8-14)20-17(23)19-12-18-10-3-2-4-15(18)21-16(22)9-11-18/h4-8H,2-3,9-12H2,1H3,(H,21,22)(H2,19,20,23). The lowest BCUT2D eigenvalue weighted by Crippen LogP contribution is -2.49. The molecular formula is C18H23N3O3. The van der Waals surface area contributed by atoms with Gasteiger partial charge in [-0.15, -0.1) is 0 Å². The molecule has 1 unspecified atom stereocenters. The zero-order valence-electron chi connectivity index (χ0n) is 13.9. The average Bonchev–Trinajstić information content (AvgIpc) is 2.61. The van der Waals surface area contributed by atoms with E-state index >= 15 is 0 Å². The fraction of sp³-hybridized carbons (Fsp3) is 0.444. The minimum Gasteiger partial charge on any atom is -0.497 e. The molecule has 1 aromatic carbocycles. The van der Waals surface area contributed by atoms with Crippen molar-refractivity contribution in [1.29, 1.82) is 0 Å². The number of methoxy groups -OCH3 is 1. The van der Waals surface area contributed by atoms with Crippen LogP contribution in [0.2, 0.25) is 0 Å². The number of urea groups is 1. The van der Waals surface area contributed by atoms with Gasteiger partial charge in [-0.05, 0) is 49.9 Å². The summed E-state index contributed by atoms with van der Waals surface area (Å²) in [6.07, 6.45) is 6.45. The second-order valence-electron chi connectivity index (χ2n) is 6.37. The topological polar surface area (TPSA) is 79.5 Å². The second-order valence-corrected chi connectivity index (χ2v) is 6.37. The van der Waals surface area contributed by atoms with Gasteiger partial charge in [0.15, 0.2) is 0 Å². The lowest BCUT2D eigenvalue weighted by molar-refractivity contribution is -0.122. The Bertz CT molecular complexity index is 654. The number of carbonyl (C=O) groups is 2. The first-order chi connectivity index (χ1) is 11.6. The average molecular weight is 329 g/mol. The van der Waals surface area contributed by atoms with Gasteiger partial charge in [0.25, 0.3) is 0 Å². The SMILES string of the molecule is COc1ccc(NC(=O)NCC23CCCC=C2NC(=O)CC3)cc1. The van der Waals surface area contributed by atoms with Crippen LogP contribution >= 0.6 is 0 Å². The van der Waals surface area contributed by atoms with E-state index in [2.05, 4.69) is 22.0 Å². The summed E-state index contributed by atoms with van der Waals surface area (Å²) in [5.41, 5.74) is 1.56. The number of benzene rings is 1. The van der Waals surface area contributed by atoms with Gasteiger partial charge in [0.05, 0.1) is 7.11 Å². The van der Waals surface area contributed by atoms with Crippen LogP contribution in [0.15, 0.2) is 36.0 Å². The van der Waals surface area contributed by atoms with E-state index in [1.165, 1.54) is 0 Å². The van der Waals surface area contributed by atoms with Crippen LogP contribution in [-0.2, 0) is 4.79 Å². The fourth-order valence-corrected chi connectivity index (χ4v) is 3.42. The van der Waals surface area contributed by atoms with Crippen molar-refractivity contribution in [2.24, 2.45) is 5.41 Å². The number of rotatable bonds is 4.